The number of nitrogens with two attached hydrogens (primary N) is 1. The lowest BCUT2D eigenvalue weighted by Gasteiger charge is -2.13. The summed E-state index contributed by atoms with van der Waals surface area (Å²) in [7, 11) is 0. The third kappa shape index (κ3) is 3.13. The average Bonchev–Trinajstić information content (AvgIpc) is 2.26. The first-order chi connectivity index (χ1) is 6.77. The molecule has 0 saturated heterocycles. The molecule has 1 aromatic carbocycles. The van der Waals surface area contributed by atoms with Crippen molar-refractivity contribution < 1.29 is 0 Å². The minimum Gasteiger partial charge on any atom is -0.329 e. The van der Waals surface area contributed by atoms with Crippen molar-refractivity contribution in [3.63, 3.8) is 0 Å². The summed E-state index contributed by atoms with van der Waals surface area (Å²) in [6.07, 6.45) is 1.10. The minimum absolute atomic E-state index is 0.393. The van der Waals surface area contributed by atoms with Crippen molar-refractivity contribution in [1.82, 2.24) is 5.32 Å². The lowest BCUT2D eigenvalue weighted by Crippen LogP contribution is -2.25. The standard InChI is InChI=1S/C12H20N2/c1-3-11-4-6-12(7-5-11)10(2)14-9-8-13/h4-7,10,14H,3,8-9,13H2,1-2H3. The van der Waals surface area contributed by atoms with Crippen LogP contribution >= 0.6 is 0 Å². The van der Waals surface area contributed by atoms with E-state index in [1.807, 2.05) is 0 Å². The largest absolute Gasteiger partial charge is 0.329 e. The van der Waals surface area contributed by atoms with Crippen molar-refractivity contribution in [2.24, 2.45) is 5.73 Å². The predicted molar refractivity (Wildman–Crippen MR) is 61.3 cm³/mol. The van der Waals surface area contributed by atoms with Gasteiger partial charge in [-0.15, -0.1) is 0 Å². The van der Waals surface area contributed by atoms with Crippen LogP contribution in [0.1, 0.15) is 31.0 Å². The molecule has 0 heterocycles. The van der Waals surface area contributed by atoms with Crippen molar-refractivity contribution in [2.75, 3.05) is 13.1 Å². The Kier molecular flexibility index (Phi) is 4.63. The van der Waals surface area contributed by atoms with Gasteiger partial charge in [-0.05, 0) is 24.5 Å². The van der Waals surface area contributed by atoms with Gasteiger partial charge in [-0.2, -0.15) is 0 Å². The molecule has 1 unspecified atom stereocenters. The Balaban J connectivity index is 2.57. The first-order valence-corrected chi connectivity index (χ1v) is 5.30. The topological polar surface area (TPSA) is 38.0 Å². The Morgan fingerprint density at radius 3 is 2.43 bits per heavy atom. The molecule has 0 aromatic heterocycles. The van der Waals surface area contributed by atoms with Gasteiger partial charge in [0.2, 0.25) is 0 Å². The summed E-state index contributed by atoms with van der Waals surface area (Å²) in [5.41, 5.74) is 8.16. The van der Waals surface area contributed by atoms with E-state index in [2.05, 4.69) is 43.4 Å². The molecular formula is C12H20N2. The Bertz CT molecular complexity index is 254. The summed E-state index contributed by atoms with van der Waals surface area (Å²) in [6, 6.07) is 9.15. The molecule has 0 amide bonds. The molecular weight excluding hydrogens is 172 g/mol. The fourth-order valence-electron chi connectivity index (χ4n) is 1.46. The number of rotatable bonds is 5. The van der Waals surface area contributed by atoms with Crippen LogP contribution in [0.5, 0.6) is 0 Å². The van der Waals surface area contributed by atoms with Gasteiger partial charge >= 0.3 is 0 Å². The molecule has 1 rings (SSSR count). The molecule has 0 saturated carbocycles. The van der Waals surface area contributed by atoms with E-state index in [-0.39, 0.29) is 0 Å². The quantitative estimate of drug-likeness (QED) is 0.747. The second kappa shape index (κ2) is 5.78. The van der Waals surface area contributed by atoms with Gasteiger partial charge in [-0.1, -0.05) is 31.2 Å². The van der Waals surface area contributed by atoms with Gasteiger partial charge < -0.3 is 11.1 Å². The van der Waals surface area contributed by atoms with Gasteiger partial charge in [0.15, 0.2) is 0 Å². The molecule has 0 aliphatic rings. The predicted octanol–water partition coefficient (Wildman–Crippen LogP) is 1.86. The van der Waals surface area contributed by atoms with E-state index < -0.39 is 0 Å². The molecule has 0 spiro atoms. The van der Waals surface area contributed by atoms with Crippen LogP contribution in [0.2, 0.25) is 0 Å². The molecule has 1 aromatic rings. The number of nitrogens with one attached hydrogen (secondary N) is 1. The third-order valence-electron chi connectivity index (χ3n) is 2.48. The van der Waals surface area contributed by atoms with Gasteiger partial charge in [-0.25, -0.2) is 0 Å². The van der Waals surface area contributed by atoms with Crippen LogP contribution in [-0.2, 0) is 6.42 Å². The SMILES string of the molecule is CCc1ccc(C(C)NCCN)cc1. The third-order valence-corrected chi connectivity index (χ3v) is 2.48. The number of aryl methyl sites for hydroxylation is 1. The minimum atomic E-state index is 0.393. The summed E-state index contributed by atoms with van der Waals surface area (Å²) in [5.74, 6) is 0. The highest BCUT2D eigenvalue weighted by Crippen LogP contribution is 2.13. The molecule has 3 N–H and O–H groups in total. The zero-order valence-corrected chi connectivity index (χ0v) is 9.09. The van der Waals surface area contributed by atoms with Crippen molar-refractivity contribution >= 4 is 0 Å². The maximum atomic E-state index is 5.44. The highest BCUT2D eigenvalue weighted by atomic mass is 14.9. The first kappa shape index (κ1) is 11.2. The van der Waals surface area contributed by atoms with Crippen LogP contribution in [0.3, 0.4) is 0 Å². The smallest absolute Gasteiger partial charge is 0.0292 e. The fraction of sp³-hybridized carbons (Fsp3) is 0.500. The van der Waals surface area contributed by atoms with Crippen molar-refractivity contribution in [3.05, 3.63) is 35.4 Å². The Hall–Kier alpha value is -0.860. The normalized spacial score (nSPS) is 12.8. The molecule has 0 bridgehead atoms. The second-order valence-electron chi connectivity index (χ2n) is 3.56. The lowest BCUT2D eigenvalue weighted by atomic mass is 10.1. The molecule has 0 aliphatic carbocycles. The van der Waals surface area contributed by atoms with Gasteiger partial charge in [0.1, 0.15) is 0 Å². The van der Waals surface area contributed by atoms with Crippen LogP contribution in [0.25, 0.3) is 0 Å². The highest BCUT2D eigenvalue weighted by Gasteiger charge is 2.02. The Morgan fingerprint density at radius 2 is 1.93 bits per heavy atom. The number of hydrogen-bond donors (Lipinski definition) is 2. The van der Waals surface area contributed by atoms with Crippen LogP contribution in [0.4, 0.5) is 0 Å². The summed E-state index contributed by atoms with van der Waals surface area (Å²) in [4.78, 5) is 0. The zero-order valence-electron chi connectivity index (χ0n) is 9.09. The van der Waals surface area contributed by atoms with Crippen molar-refractivity contribution in [3.8, 4) is 0 Å². The van der Waals surface area contributed by atoms with E-state index in [1.165, 1.54) is 11.1 Å². The van der Waals surface area contributed by atoms with Gasteiger partial charge in [0.25, 0.3) is 0 Å². The van der Waals surface area contributed by atoms with E-state index in [0.717, 1.165) is 13.0 Å². The highest BCUT2D eigenvalue weighted by molar-refractivity contribution is 5.24. The van der Waals surface area contributed by atoms with E-state index in [4.69, 9.17) is 5.73 Å². The lowest BCUT2D eigenvalue weighted by molar-refractivity contribution is 0.582. The van der Waals surface area contributed by atoms with Crippen LogP contribution in [0.15, 0.2) is 24.3 Å². The molecule has 0 aliphatic heterocycles. The second-order valence-corrected chi connectivity index (χ2v) is 3.56. The summed E-state index contributed by atoms with van der Waals surface area (Å²) < 4.78 is 0. The summed E-state index contributed by atoms with van der Waals surface area (Å²) in [6.45, 7) is 5.90. The number of benzene rings is 1. The number of hydrogen-bond acceptors (Lipinski definition) is 2. The fourth-order valence-corrected chi connectivity index (χ4v) is 1.46. The maximum absolute atomic E-state index is 5.44. The van der Waals surface area contributed by atoms with Crippen LogP contribution in [0, 0.1) is 0 Å². The van der Waals surface area contributed by atoms with E-state index >= 15 is 0 Å². The van der Waals surface area contributed by atoms with Crippen molar-refractivity contribution in [2.45, 2.75) is 26.3 Å². The van der Waals surface area contributed by atoms with Gasteiger partial charge in [-0.3, -0.25) is 0 Å². The van der Waals surface area contributed by atoms with E-state index in [0.29, 0.717) is 12.6 Å². The molecule has 1 atom stereocenters. The monoisotopic (exact) mass is 192 g/mol. The summed E-state index contributed by atoms with van der Waals surface area (Å²) >= 11 is 0. The molecule has 78 valence electrons. The van der Waals surface area contributed by atoms with E-state index in [9.17, 15) is 0 Å². The molecule has 2 nitrogen and oxygen atoms in total. The zero-order chi connectivity index (χ0) is 10.4. The summed E-state index contributed by atoms with van der Waals surface area (Å²) in [5, 5.41) is 3.36. The molecule has 14 heavy (non-hydrogen) atoms. The molecule has 0 radical (unpaired) electrons. The average molecular weight is 192 g/mol. The first-order valence-electron chi connectivity index (χ1n) is 5.30. The van der Waals surface area contributed by atoms with Crippen LogP contribution < -0.4 is 11.1 Å². The molecule has 0 fully saturated rings. The maximum Gasteiger partial charge on any atom is 0.0292 e. The van der Waals surface area contributed by atoms with Crippen LogP contribution in [-0.4, -0.2) is 13.1 Å². The van der Waals surface area contributed by atoms with Crippen molar-refractivity contribution in [1.29, 1.82) is 0 Å². The Labute approximate surface area is 86.5 Å². The Morgan fingerprint density at radius 1 is 1.29 bits per heavy atom. The van der Waals surface area contributed by atoms with E-state index in [1.54, 1.807) is 0 Å². The van der Waals surface area contributed by atoms with Gasteiger partial charge in [0, 0.05) is 19.1 Å². The van der Waals surface area contributed by atoms with Gasteiger partial charge in [0.05, 0.1) is 0 Å². The molecule has 2 heteroatoms.